The van der Waals surface area contributed by atoms with Gasteiger partial charge in [-0.25, -0.2) is 0 Å². The monoisotopic (exact) mass is 338 g/mol. The van der Waals surface area contributed by atoms with Gasteiger partial charge in [-0.15, -0.1) is 0 Å². The molecule has 0 saturated carbocycles. The van der Waals surface area contributed by atoms with E-state index in [-0.39, 0.29) is 12.1 Å². The van der Waals surface area contributed by atoms with Crippen molar-refractivity contribution >= 4 is 11.6 Å². The summed E-state index contributed by atoms with van der Waals surface area (Å²) in [6, 6.07) is 15.3. The Balaban J connectivity index is 2.01. The molecule has 0 saturated heterocycles. The summed E-state index contributed by atoms with van der Waals surface area (Å²) in [6.07, 6.45) is 1.38. The van der Waals surface area contributed by atoms with Gasteiger partial charge in [0, 0.05) is 24.9 Å². The number of carbonyl (C=O) groups excluding carboxylic acids is 1. The Labute approximate surface area is 147 Å². The molecule has 2 aromatic rings. The average Bonchev–Trinajstić information content (AvgIpc) is 2.66. The zero-order chi connectivity index (χ0) is 17.6. The lowest BCUT2D eigenvalue weighted by molar-refractivity contribution is 0.0607. The van der Waals surface area contributed by atoms with Crippen LogP contribution in [0.2, 0.25) is 0 Å². The minimum absolute atomic E-state index is 0.0186. The van der Waals surface area contributed by atoms with Gasteiger partial charge in [-0.1, -0.05) is 43.0 Å². The fraction of sp³-hybridized carbons (Fsp3) is 0.250. The number of hydrogen-bond acceptors (Lipinski definition) is 4. The molecule has 25 heavy (non-hydrogen) atoms. The van der Waals surface area contributed by atoms with Gasteiger partial charge >= 0.3 is 0 Å². The van der Waals surface area contributed by atoms with E-state index >= 15 is 0 Å². The van der Waals surface area contributed by atoms with Gasteiger partial charge in [-0.3, -0.25) is 4.79 Å². The van der Waals surface area contributed by atoms with Crippen LogP contribution in [-0.2, 0) is 4.74 Å². The summed E-state index contributed by atoms with van der Waals surface area (Å²) in [6.45, 7) is 5.05. The quantitative estimate of drug-likeness (QED) is 0.786. The van der Waals surface area contributed by atoms with Crippen molar-refractivity contribution in [3.05, 3.63) is 72.3 Å². The lowest BCUT2D eigenvalue weighted by Gasteiger charge is -2.38. The number of rotatable bonds is 7. The standard InChI is InChI=1S/C20H22N2O3/c1-3-13-25-18-11-7-5-9-16(18)19-21-17-10-6-4-8-15(17)20(23)22(19)12-14-24-2/h3-11,19,21H,1,12-14H2,2H3. The highest BCUT2D eigenvalue weighted by molar-refractivity contribution is 6.01. The normalized spacial score (nSPS) is 16.1. The molecule has 1 amide bonds. The van der Waals surface area contributed by atoms with Gasteiger partial charge in [-0.2, -0.15) is 0 Å². The molecule has 0 radical (unpaired) electrons. The highest BCUT2D eigenvalue weighted by atomic mass is 16.5. The van der Waals surface area contributed by atoms with Crippen LogP contribution in [0.1, 0.15) is 22.1 Å². The fourth-order valence-electron chi connectivity index (χ4n) is 2.95. The second-order valence-electron chi connectivity index (χ2n) is 5.72. The first-order chi connectivity index (χ1) is 12.3. The van der Waals surface area contributed by atoms with E-state index in [4.69, 9.17) is 9.47 Å². The Morgan fingerprint density at radius 1 is 1.20 bits per heavy atom. The van der Waals surface area contributed by atoms with E-state index in [1.165, 1.54) is 0 Å². The molecule has 1 unspecified atom stereocenters. The number of methoxy groups -OCH3 is 1. The van der Waals surface area contributed by atoms with Gasteiger partial charge in [-0.05, 0) is 18.2 Å². The first-order valence-electron chi connectivity index (χ1n) is 8.24. The summed E-state index contributed by atoms with van der Waals surface area (Å²) in [7, 11) is 1.63. The van der Waals surface area contributed by atoms with Crippen molar-refractivity contribution in [2.75, 3.05) is 32.2 Å². The minimum atomic E-state index is -0.321. The highest BCUT2D eigenvalue weighted by Crippen LogP contribution is 2.36. The van der Waals surface area contributed by atoms with E-state index < -0.39 is 0 Å². The number of benzene rings is 2. The van der Waals surface area contributed by atoms with E-state index in [1.54, 1.807) is 18.1 Å². The Morgan fingerprint density at radius 3 is 2.76 bits per heavy atom. The molecular weight excluding hydrogens is 316 g/mol. The van der Waals surface area contributed by atoms with Gasteiger partial charge in [0.15, 0.2) is 0 Å². The summed E-state index contributed by atoms with van der Waals surface area (Å²) < 4.78 is 11.0. The first kappa shape index (κ1) is 17.0. The Hall–Kier alpha value is -2.79. The molecule has 1 aliphatic rings. The van der Waals surface area contributed by atoms with E-state index in [1.807, 2.05) is 48.5 Å². The van der Waals surface area contributed by atoms with Crippen LogP contribution in [0.5, 0.6) is 5.75 Å². The molecule has 0 spiro atoms. The maximum absolute atomic E-state index is 13.0. The topological polar surface area (TPSA) is 50.8 Å². The molecule has 130 valence electrons. The average molecular weight is 338 g/mol. The molecular formula is C20H22N2O3. The van der Waals surface area contributed by atoms with Crippen molar-refractivity contribution in [2.45, 2.75) is 6.17 Å². The summed E-state index contributed by atoms with van der Waals surface area (Å²) in [5.74, 6) is 0.712. The van der Waals surface area contributed by atoms with Crippen LogP contribution >= 0.6 is 0 Å². The maximum Gasteiger partial charge on any atom is 0.257 e. The van der Waals surface area contributed by atoms with Crippen molar-refractivity contribution in [1.29, 1.82) is 0 Å². The predicted molar refractivity (Wildman–Crippen MR) is 97.9 cm³/mol. The Bertz CT molecular complexity index is 760. The number of amides is 1. The summed E-state index contributed by atoms with van der Waals surface area (Å²) in [5.41, 5.74) is 2.40. The number of hydrogen-bond donors (Lipinski definition) is 1. The van der Waals surface area contributed by atoms with E-state index in [0.29, 0.717) is 25.3 Å². The van der Waals surface area contributed by atoms with E-state index in [9.17, 15) is 4.79 Å². The highest BCUT2D eigenvalue weighted by Gasteiger charge is 2.33. The number of anilines is 1. The molecule has 0 aliphatic carbocycles. The maximum atomic E-state index is 13.0. The molecule has 1 heterocycles. The SMILES string of the molecule is C=CCOc1ccccc1C1Nc2ccccc2C(=O)N1CCOC. The predicted octanol–water partition coefficient (Wildman–Crippen LogP) is 3.46. The third-order valence-electron chi connectivity index (χ3n) is 4.13. The lowest BCUT2D eigenvalue weighted by atomic mass is 10.0. The van der Waals surface area contributed by atoms with Crippen LogP contribution in [0, 0.1) is 0 Å². The van der Waals surface area contributed by atoms with Crippen molar-refractivity contribution < 1.29 is 14.3 Å². The fourth-order valence-corrected chi connectivity index (χ4v) is 2.95. The number of fused-ring (bicyclic) bond motifs is 1. The molecule has 0 fully saturated rings. The first-order valence-corrected chi connectivity index (χ1v) is 8.24. The zero-order valence-electron chi connectivity index (χ0n) is 14.3. The second-order valence-corrected chi connectivity index (χ2v) is 5.72. The number of ether oxygens (including phenoxy) is 2. The summed E-state index contributed by atoms with van der Waals surface area (Å²) in [5, 5.41) is 3.46. The number of nitrogens with zero attached hydrogens (tertiary/aromatic N) is 1. The molecule has 1 N–H and O–H groups in total. The van der Waals surface area contributed by atoms with E-state index in [2.05, 4.69) is 11.9 Å². The van der Waals surface area contributed by atoms with Gasteiger partial charge in [0.2, 0.25) is 0 Å². The van der Waals surface area contributed by atoms with E-state index in [0.717, 1.165) is 17.0 Å². The lowest BCUT2D eigenvalue weighted by Crippen LogP contribution is -2.44. The number of para-hydroxylation sites is 2. The summed E-state index contributed by atoms with van der Waals surface area (Å²) >= 11 is 0. The molecule has 3 rings (SSSR count). The molecule has 2 aromatic carbocycles. The number of carbonyl (C=O) groups is 1. The third-order valence-corrected chi connectivity index (χ3v) is 4.13. The van der Waals surface area contributed by atoms with Crippen molar-refractivity contribution in [3.8, 4) is 5.75 Å². The van der Waals surface area contributed by atoms with Crippen LogP contribution in [0.3, 0.4) is 0 Å². The Morgan fingerprint density at radius 2 is 1.96 bits per heavy atom. The van der Waals surface area contributed by atoms with Crippen molar-refractivity contribution in [3.63, 3.8) is 0 Å². The third kappa shape index (κ3) is 3.51. The molecule has 5 heteroatoms. The van der Waals surface area contributed by atoms with Gasteiger partial charge in [0.05, 0.1) is 12.2 Å². The smallest absolute Gasteiger partial charge is 0.257 e. The van der Waals surface area contributed by atoms with Crippen LogP contribution < -0.4 is 10.1 Å². The van der Waals surface area contributed by atoms with Crippen molar-refractivity contribution in [2.24, 2.45) is 0 Å². The minimum Gasteiger partial charge on any atom is -0.489 e. The molecule has 0 aromatic heterocycles. The van der Waals surface area contributed by atoms with Crippen LogP contribution in [0.25, 0.3) is 0 Å². The largest absolute Gasteiger partial charge is 0.489 e. The van der Waals surface area contributed by atoms with Crippen LogP contribution in [0.15, 0.2) is 61.2 Å². The van der Waals surface area contributed by atoms with Gasteiger partial charge in [0.25, 0.3) is 5.91 Å². The summed E-state index contributed by atoms with van der Waals surface area (Å²) in [4.78, 5) is 14.8. The number of nitrogens with one attached hydrogen (secondary N) is 1. The van der Waals surface area contributed by atoms with Gasteiger partial charge in [0.1, 0.15) is 18.5 Å². The molecule has 0 bridgehead atoms. The zero-order valence-corrected chi connectivity index (χ0v) is 14.3. The van der Waals surface area contributed by atoms with Crippen molar-refractivity contribution in [1.82, 2.24) is 4.90 Å². The molecule has 5 nitrogen and oxygen atoms in total. The van der Waals surface area contributed by atoms with Crippen LogP contribution in [-0.4, -0.2) is 37.7 Å². The van der Waals surface area contributed by atoms with Crippen LogP contribution in [0.4, 0.5) is 5.69 Å². The molecule has 1 atom stereocenters. The second kappa shape index (κ2) is 7.85. The molecule has 1 aliphatic heterocycles. The Kier molecular flexibility index (Phi) is 5.36. The van der Waals surface area contributed by atoms with Gasteiger partial charge < -0.3 is 19.7 Å².